The van der Waals surface area contributed by atoms with E-state index in [1.54, 1.807) is 0 Å². The van der Waals surface area contributed by atoms with Crippen molar-refractivity contribution in [3.05, 3.63) is 12.2 Å². The van der Waals surface area contributed by atoms with Crippen LogP contribution in [0.2, 0.25) is 0 Å². The third-order valence-corrected chi connectivity index (χ3v) is 7.76. The summed E-state index contributed by atoms with van der Waals surface area (Å²) < 4.78 is 18.5. The lowest BCUT2D eigenvalue weighted by Crippen LogP contribution is -2.45. The minimum Gasteiger partial charge on any atom is -0.320 e. The Morgan fingerprint density at radius 1 is 0.793 bits per heavy atom. The van der Waals surface area contributed by atoms with Gasteiger partial charge in [0.15, 0.2) is 5.78 Å². The fraction of sp³-hybridized carbons (Fsp3) is 0.917. The largest absolute Gasteiger partial charge is 0.385 e. The first-order chi connectivity index (χ1) is 13.8. The molecule has 5 heteroatoms. The summed E-state index contributed by atoms with van der Waals surface area (Å²) >= 11 is 0. The third-order valence-electron chi connectivity index (χ3n) is 5.50. The van der Waals surface area contributed by atoms with E-state index in [0.29, 0.717) is 17.5 Å². The van der Waals surface area contributed by atoms with Crippen molar-refractivity contribution < 1.29 is 18.5 Å². The van der Waals surface area contributed by atoms with Crippen molar-refractivity contribution in [2.75, 3.05) is 27.7 Å². The molecule has 174 valence electrons. The summed E-state index contributed by atoms with van der Waals surface area (Å²) in [4.78, 5) is 10.4. The Morgan fingerprint density at radius 2 is 1.28 bits per heavy atom. The van der Waals surface area contributed by atoms with Crippen molar-refractivity contribution in [2.24, 2.45) is 0 Å². The Hall–Kier alpha value is -0.150. The van der Waals surface area contributed by atoms with Crippen LogP contribution in [-0.4, -0.2) is 42.9 Å². The normalized spacial score (nSPS) is 15.7. The maximum atomic E-state index is 12.6. The van der Waals surface area contributed by atoms with Crippen molar-refractivity contribution in [1.82, 2.24) is 0 Å². The number of hydrogen-bond donors (Lipinski definition) is 1. The molecule has 0 saturated heterocycles. The third kappa shape index (κ3) is 16.2. The summed E-state index contributed by atoms with van der Waals surface area (Å²) in [6.07, 6.45) is 22.6. The standard InChI is InChI=1S/C24H50NO3P/c1-6-8-9-10-11-12-13-14-15-16-17-18-19-20-21-23-28-29(26,27)24(22-7-2)25(3,4)5/h17-18,24H,6-16,19-23H2,1-5H3/p+1/b18-17-. The van der Waals surface area contributed by atoms with Crippen LogP contribution in [0.1, 0.15) is 110 Å². The lowest BCUT2D eigenvalue weighted by atomic mass is 10.1. The summed E-state index contributed by atoms with van der Waals surface area (Å²) in [6.45, 7) is 4.69. The molecule has 0 aromatic heterocycles. The molecule has 0 bridgehead atoms. The zero-order valence-corrected chi connectivity index (χ0v) is 21.1. The summed E-state index contributed by atoms with van der Waals surface area (Å²) in [6, 6.07) is 0. The average molecular weight is 433 g/mol. The van der Waals surface area contributed by atoms with Crippen LogP contribution in [0.5, 0.6) is 0 Å². The lowest BCUT2D eigenvalue weighted by Gasteiger charge is -2.35. The SMILES string of the molecule is CCCCCCCCCCC/C=C\CCCCOP(=O)(O)C(CCC)[N+](C)(C)C. The molecule has 0 aliphatic heterocycles. The van der Waals surface area contributed by atoms with Gasteiger partial charge >= 0.3 is 7.60 Å². The monoisotopic (exact) mass is 432 g/mol. The Balaban J connectivity index is 3.67. The second-order valence-corrected chi connectivity index (χ2v) is 11.3. The first-order valence-corrected chi connectivity index (χ1v) is 13.8. The summed E-state index contributed by atoms with van der Waals surface area (Å²) in [7, 11) is 2.32. The van der Waals surface area contributed by atoms with E-state index in [4.69, 9.17) is 4.52 Å². The molecule has 0 aromatic rings. The Labute approximate surface area is 182 Å². The van der Waals surface area contributed by atoms with E-state index in [1.165, 1.54) is 64.2 Å². The highest BCUT2D eigenvalue weighted by atomic mass is 31.2. The van der Waals surface area contributed by atoms with Crippen LogP contribution in [0.4, 0.5) is 0 Å². The highest BCUT2D eigenvalue weighted by molar-refractivity contribution is 7.53. The van der Waals surface area contributed by atoms with Crippen molar-refractivity contribution in [1.29, 1.82) is 0 Å². The van der Waals surface area contributed by atoms with E-state index in [9.17, 15) is 9.46 Å². The van der Waals surface area contributed by atoms with Crippen molar-refractivity contribution >= 4 is 7.60 Å². The molecule has 4 nitrogen and oxygen atoms in total. The topological polar surface area (TPSA) is 46.5 Å². The first kappa shape index (κ1) is 28.9. The molecule has 0 aromatic carbocycles. The van der Waals surface area contributed by atoms with E-state index in [0.717, 1.165) is 25.7 Å². The van der Waals surface area contributed by atoms with Crippen LogP contribution in [0.15, 0.2) is 12.2 Å². The number of quaternary nitrogens is 1. The molecular weight excluding hydrogens is 381 g/mol. The van der Waals surface area contributed by atoms with Gasteiger partial charge in [-0.1, -0.05) is 77.4 Å². The molecule has 0 amide bonds. The van der Waals surface area contributed by atoms with Crippen LogP contribution < -0.4 is 0 Å². The summed E-state index contributed by atoms with van der Waals surface area (Å²) in [5.41, 5.74) is 0. The van der Waals surface area contributed by atoms with Crippen molar-refractivity contribution in [3.63, 3.8) is 0 Å². The van der Waals surface area contributed by atoms with E-state index >= 15 is 0 Å². The van der Waals surface area contributed by atoms with Gasteiger partial charge in [0.25, 0.3) is 0 Å². The van der Waals surface area contributed by atoms with Crippen LogP contribution in [0.3, 0.4) is 0 Å². The molecule has 0 aliphatic rings. The molecule has 29 heavy (non-hydrogen) atoms. The number of hydrogen-bond acceptors (Lipinski definition) is 2. The molecule has 0 fully saturated rings. The molecule has 1 N–H and O–H groups in total. The summed E-state index contributed by atoms with van der Waals surface area (Å²) in [5, 5.41) is 0. The van der Waals surface area contributed by atoms with Crippen molar-refractivity contribution in [3.8, 4) is 0 Å². The second-order valence-electron chi connectivity index (χ2n) is 9.37. The number of nitrogens with zero attached hydrogens (tertiary/aromatic N) is 1. The Morgan fingerprint density at radius 3 is 1.76 bits per heavy atom. The fourth-order valence-electron chi connectivity index (χ4n) is 3.70. The van der Waals surface area contributed by atoms with Gasteiger partial charge in [-0.15, -0.1) is 0 Å². The van der Waals surface area contributed by atoms with Gasteiger partial charge in [0, 0.05) is 6.42 Å². The summed E-state index contributed by atoms with van der Waals surface area (Å²) in [5.74, 6) is -0.344. The predicted molar refractivity (Wildman–Crippen MR) is 127 cm³/mol. The molecule has 2 unspecified atom stereocenters. The van der Waals surface area contributed by atoms with Gasteiger partial charge < -0.3 is 13.9 Å². The quantitative estimate of drug-likeness (QED) is 0.0929. The zero-order chi connectivity index (χ0) is 22.0. The minimum atomic E-state index is -3.57. The lowest BCUT2D eigenvalue weighted by molar-refractivity contribution is -0.883. The first-order valence-electron chi connectivity index (χ1n) is 12.2. The molecule has 0 aliphatic carbocycles. The van der Waals surface area contributed by atoms with Gasteiger partial charge in [-0.25, -0.2) is 0 Å². The molecule has 0 heterocycles. The second kappa shape index (κ2) is 17.5. The fourth-order valence-corrected chi connectivity index (χ4v) is 5.72. The Kier molecular flexibility index (Phi) is 17.4. The van der Waals surface area contributed by atoms with Gasteiger partial charge in [-0.05, 0) is 38.5 Å². The van der Waals surface area contributed by atoms with E-state index < -0.39 is 7.60 Å². The van der Waals surface area contributed by atoms with Gasteiger partial charge in [-0.2, -0.15) is 0 Å². The van der Waals surface area contributed by atoms with Gasteiger partial charge in [-0.3, -0.25) is 4.57 Å². The highest BCUT2D eigenvalue weighted by Crippen LogP contribution is 2.51. The molecule has 0 radical (unpaired) electrons. The van der Waals surface area contributed by atoms with Crippen LogP contribution in [0, 0.1) is 0 Å². The maximum Gasteiger partial charge on any atom is 0.385 e. The number of unbranched alkanes of at least 4 members (excludes halogenated alkanes) is 11. The van der Waals surface area contributed by atoms with Gasteiger partial charge in [0.2, 0.25) is 0 Å². The zero-order valence-electron chi connectivity index (χ0n) is 20.2. The average Bonchev–Trinajstić information content (AvgIpc) is 2.64. The van der Waals surface area contributed by atoms with Crippen LogP contribution in [-0.2, 0) is 9.09 Å². The smallest absolute Gasteiger partial charge is 0.320 e. The number of allylic oxidation sites excluding steroid dienone is 2. The van der Waals surface area contributed by atoms with Crippen LogP contribution >= 0.6 is 7.60 Å². The van der Waals surface area contributed by atoms with Crippen molar-refractivity contribution in [2.45, 2.75) is 116 Å². The predicted octanol–water partition coefficient (Wildman–Crippen LogP) is 7.67. The van der Waals surface area contributed by atoms with E-state index in [2.05, 4.69) is 19.1 Å². The van der Waals surface area contributed by atoms with Crippen LogP contribution in [0.25, 0.3) is 0 Å². The molecule has 0 spiro atoms. The highest BCUT2D eigenvalue weighted by Gasteiger charge is 2.41. The molecule has 0 rings (SSSR count). The van der Waals surface area contributed by atoms with E-state index in [-0.39, 0.29) is 5.78 Å². The van der Waals surface area contributed by atoms with E-state index in [1.807, 2.05) is 28.1 Å². The van der Waals surface area contributed by atoms with Gasteiger partial charge in [0.05, 0.1) is 27.7 Å². The maximum absolute atomic E-state index is 12.6. The van der Waals surface area contributed by atoms with Gasteiger partial charge in [0.1, 0.15) is 0 Å². The molecule has 2 atom stereocenters. The molecular formula is C24H51NO3P+. The minimum absolute atomic E-state index is 0.344. The molecule has 0 saturated carbocycles. The number of rotatable bonds is 20. The Bertz CT molecular complexity index is 446.